The molecule has 1 aromatic rings. The highest BCUT2D eigenvalue weighted by atomic mass is 16.5. The maximum atomic E-state index is 11.6. The molecule has 0 aliphatic carbocycles. The van der Waals surface area contributed by atoms with Gasteiger partial charge < -0.3 is 4.74 Å². The molecule has 0 aromatic heterocycles. The van der Waals surface area contributed by atoms with Crippen molar-refractivity contribution < 1.29 is 9.53 Å². The van der Waals surface area contributed by atoms with Crippen LogP contribution in [-0.2, 0) is 22.4 Å². The zero-order chi connectivity index (χ0) is 14.8. The molecule has 1 aromatic carbocycles. The molecule has 0 aliphatic rings. The van der Waals surface area contributed by atoms with Crippen molar-refractivity contribution in [3.8, 4) is 0 Å². The third kappa shape index (κ3) is 6.85. The Balaban J connectivity index is 2.27. The second kappa shape index (κ2) is 9.71. The van der Waals surface area contributed by atoms with Gasteiger partial charge in [0.1, 0.15) is 5.78 Å². The monoisotopic (exact) mass is 276 g/mol. The molecule has 2 heteroatoms. The van der Waals surface area contributed by atoms with Gasteiger partial charge in [-0.25, -0.2) is 0 Å². The van der Waals surface area contributed by atoms with Crippen molar-refractivity contribution in [1.82, 2.24) is 0 Å². The van der Waals surface area contributed by atoms with E-state index < -0.39 is 0 Å². The molecule has 0 aliphatic heterocycles. The SMILES string of the molecule is CCCOCCCc1ccc(CCC(=O)C(C)C)cc1. The first kappa shape index (κ1) is 16.9. The third-order valence-corrected chi connectivity index (χ3v) is 3.43. The summed E-state index contributed by atoms with van der Waals surface area (Å²) in [6, 6.07) is 8.65. The molecule has 0 heterocycles. The minimum absolute atomic E-state index is 0.150. The number of ether oxygens (including phenoxy) is 1. The highest BCUT2D eigenvalue weighted by Crippen LogP contribution is 2.10. The molecular formula is C18H28O2. The molecule has 2 nitrogen and oxygen atoms in total. The molecule has 0 unspecified atom stereocenters. The van der Waals surface area contributed by atoms with Crippen LogP contribution in [0.15, 0.2) is 24.3 Å². The average Bonchev–Trinajstić information content (AvgIpc) is 2.45. The van der Waals surface area contributed by atoms with Crippen molar-refractivity contribution in [3.63, 3.8) is 0 Å². The van der Waals surface area contributed by atoms with E-state index in [1.807, 2.05) is 13.8 Å². The standard InChI is InChI=1S/C18H28O2/c1-4-13-20-14-5-6-16-7-9-17(10-8-16)11-12-18(19)15(2)3/h7-10,15H,4-6,11-14H2,1-3H3. The van der Waals surface area contributed by atoms with Crippen molar-refractivity contribution in [3.05, 3.63) is 35.4 Å². The molecule has 0 amide bonds. The predicted molar refractivity (Wildman–Crippen MR) is 84.0 cm³/mol. The summed E-state index contributed by atoms with van der Waals surface area (Å²) in [5.74, 6) is 0.500. The Kier molecular flexibility index (Phi) is 8.20. The Hall–Kier alpha value is -1.15. The van der Waals surface area contributed by atoms with E-state index in [-0.39, 0.29) is 5.92 Å². The van der Waals surface area contributed by atoms with Crippen LogP contribution in [0.1, 0.15) is 51.2 Å². The largest absolute Gasteiger partial charge is 0.381 e. The second-order valence-electron chi connectivity index (χ2n) is 5.65. The Morgan fingerprint density at radius 1 is 1.05 bits per heavy atom. The predicted octanol–water partition coefficient (Wildman–Crippen LogP) is 4.20. The number of carbonyl (C=O) groups is 1. The fraction of sp³-hybridized carbons (Fsp3) is 0.611. The van der Waals surface area contributed by atoms with Crippen molar-refractivity contribution in [1.29, 1.82) is 0 Å². The van der Waals surface area contributed by atoms with E-state index in [4.69, 9.17) is 4.74 Å². The minimum atomic E-state index is 0.150. The highest BCUT2D eigenvalue weighted by Gasteiger charge is 2.06. The van der Waals surface area contributed by atoms with Crippen LogP contribution in [0.25, 0.3) is 0 Å². The fourth-order valence-electron chi connectivity index (χ4n) is 2.05. The quantitative estimate of drug-likeness (QED) is 0.599. The van der Waals surface area contributed by atoms with Gasteiger partial charge in [0.15, 0.2) is 0 Å². The number of hydrogen-bond donors (Lipinski definition) is 0. The van der Waals surface area contributed by atoms with Crippen LogP contribution in [0.2, 0.25) is 0 Å². The molecule has 0 N–H and O–H groups in total. The van der Waals surface area contributed by atoms with E-state index in [1.165, 1.54) is 11.1 Å². The lowest BCUT2D eigenvalue weighted by molar-refractivity contribution is -0.121. The van der Waals surface area contributed by atoms with Crippen LogP contribution < -0.4 is 0 Å². The highest BCUT2D eigenvalue weighted by molar-refractivity contribution is 5.80. The van der Waals surface area contributed by atoms with Crippen molar-refractivity contribution in [2.75, 3.05) is 13.2 Å². The van der Waals surface area contributed by atoms with Gasteiger partial charge in [0, 0.05) is 25.6 Å². The van der Waals surface area contributed by atoms with Gasteiger partial charge >= 0.3 is 0 Å². The summed E-state index contributed by atoms with van der Waals surface area (Å²) in [7, 11) is 0. The lowest BCUT2D eigenvalue weighted by atomic mass is 10.00. The summed E-state index contributed by atoms with van der Waals surface area (Å²) in [6.07, 6.45) is 4.74. The third-order valence-electron chi connectivity index (χ3n) is 3.43. The summed E-state index contributed by atoms with van der Waals surface area (Å²) in [6.45, 7) is 7.77. The van der Waals surface area contributed by atoms with Crippen molar-refractivity contribution in [2.45, 2.75) is 52.9 Å². The first-order valence-corrected chi connectivity index (χ1v) is 7.81. The van der Waals surface area contributed by atoms with Crippen LogP contribution >= 0.6 is 0 Å². The van der Waals surface area contributed by atoms with Gasteiger partial charge in [-0.1, -0.05) is 45.0 Å². The van der Waals surface area contributed by atoms with Crippen molar-refractivity contribution >= 4 is 5.78 Å². The topological polar surface area (TPSA) is 26.3 Å². The van der Waals surface area contributed by atoms with Crippen LogP contribution in [0.4, 0.5) is 0 Å². The molecule has 0 fully saturated rings. The maximum Gasteiger partial charge on any atom is 0.135 e. The minimum Gasteiger partial charge on any atom is -0.381 e. The Morgan fingerprint density at radius 3 is 2.20 bits per heavy atom. The molecule has 0 atom stereocenters. The van der Waals surface area contributed by atoms with E-state index >= 15 is 0 Å². The van der Waals surface area contributed by atoms with E-state index in [1.54, 1.807) is 0 Å². The Labute approximate surface area is 123 Å². The molecule has 0 saturated heterocycles. The summed E-state index contributed by atoms with van der Waals surface area (Å²) in [5, 5.41) is 0. The number of Topliss-reactive ketones (excluding diaryl/α,β-unsaturated/α-hetero) is 1. The maximum absolute atomic E-state index is 11.6. The number of carbonyl (C=O) groups excluding carboxylic acids is 1. The molecule has 112 valence electrons. The Morgan fingerprint density at radius 2 is 1.65 bits per heavy atom. The van der Waals surface area contributed by atoms with E-state index in [0.717, 1.165) is 38.9 Å². The van der Waals surface area contributed by atoms with Crippen LogP contribution in [0.5, 0.6) is 0 Å². The number of ketones is 1. The van der Waals surface area contributed by atoms with E-state index in [9.17, 15) is 4.79 Å². The summed E-state index contributed by atoms with van der Waals surface area (Å²) in [5.41, 5.74) is 2.61. The fourth-order valence-corrected chi connectivity index (χ4v) is 2.05. The van der Waals surface area contributed by atoms with Gasteiger partial charge in [-0.3, -0.25) is 4.79 Å². The summed E-state index contributed by atoms with van der Waals surface area (Å²) < 4.78 is 5.48. The summed E-state index contributed by atoms with van der Waals surface area (Å²) in [4.78, 5) is 11.6. The van der Waals surface area contributed by atoms with Gasteiger partial charge in [-0.15, -0.1) is 0 Å². The molecule has 0 saturated carbocycles. The zero-order valence-corrected chi connectivity index (χ0v) is 13.2. The average molecular weight is 276 g/mol. The van der Waals surface area contributed by atoms with Crippen LogP contribution in [0, 0.1) is 5.92 Å². The molecule has 0 bridgehead atoms. The second-order valence-corrected chi connectivity index (χ2v) is 5.65. The number of benzene rings is 1. The lowest BCUT2D eigenvalue weighted by Gasteiger charge is -2.06. The normalized spacial score (nSPS) is 11.0. The summed E-state index contributed by atoms with van der Waals surface area (Å²) >= 11 is 0. The number of rotatable bonds is 10. The lowest BCUT2D eigenvalue weighted by Crippen LogP contribution is -2.07. The van der Waals surface area contributed by atoms with Gasteiger partial charge in [0.05, 0.1) is 0 Å². The van der Waals surface area contributed by atoms with Crippen LogP contribution in [0.3, 0.4) is 0 Å². The van der Waals surface area contributed by atoms with E-state index in [0.29, 0.717) is 12.2 Å². The number of hydrogen-bond acceptors (Lipinski definition) is 2. The molecule has 0 spiro atoms. The first-order valence-electron chi connectivity index (χ1n) is 7.81. The smallest absolute Gasteiger partial charge is 0.135 e. The van der Waals surface area contributed by atoms with Gasteiger partial charge in [-0.2, -0.15) is 0 Å². The zero-order valence-electron chi connectivity index (χ0n) is 13.2. The molecule has 0 radical (unpaired) electrons. The van der Waals surface area contributed by atoms with Gasteiger partial charge in [0.2, 0.25) is 0 Å². The number of aryl methyl sites for hydroxylation is 2. The van der Waals surface area contributed by atoms with E-state index in [2.05, 4.69) is 31.2 Å². The first-order chi connectivity index (χ1) is 9.63. The Bertz CT molecular complexity index is 379. The van der Waals surface area contributed by atoms with Crippen LogP contribution in [-0.4, -0.2) is 19.0 Å². The van der Waals surface area contributed by atoms with Gasteiger partial charge in [-0.05, 0) is 36.8 Å². The molecule has 1 rings (SSSR count). The van der Waals surface area contributed by atoms with Gasteiger partial charge in [0.25, 0.3) is 0 Å². The molecule has 20 heavy (non-hydrogen) atoms. The molecular weight excluding hydrogens is 248 g/mol. The van der Waals surface area contributed by atoms with Crippen molar-refractivity contribution in [2.24, 2.45) is 5.92 Å².